The fourth-order valence-electron chi connectivity index (χ4n) is 2.03. The average Bonchev–Trinajstić information content (AvgIpc) is 2.84. The van der Waals surface area contributed by atoms with Crippen molar-refractivity contribution < 1.29 is 4.79 Å². The van der Waals surface area contributed by atoms with E-state index in [0.29, 0.717) is 15.4 Å². The van der Waals surface area contributed by atoms with Crippen molar-refractivity contribution in [2.45, 2.75) is 0 Å². The lowest BCUT2D eigenvalue weighted by Crippen LogP contribution is -2.23. The van der Waals surface area contributed by atoms with Crippen molar-refractivity contribution in [2.75, 3.05) is 0 Å². The van der Waals surface area contributed by atoms with Crippen LogP contribution in [0.15, 0.2) is 47.6 Å². The summed E-state index contributed by atoms with van der Waals surface area (Å²) in [7, 11) is 1.90. The molecule has 0 saturated carbocycles. The number of nitrogens with one attached hydrogen (secondary N) is 1. The molecular weight excluding hydrogens is 341 g/mol. The maximum absolute atomic E-state index is 12.2. The van der Waals surface area contributed by atoms with Gasteiger partial charge in [-0.1, -0.05) is 52.7 Å². The SMILES string of the molecule is Cn1/c(=N\NC(=O)c2cccc(Cl)c2Cl)sc2ccccc21. The number of para-hydroxylation sites is 1. The molecule has 0 atom stereocenters. The molecule has 0 aliphatic heterocycles. The highest BCUT2D eigenvalue weighted by Crippen LogP contribution is 2.25. The van der Waals surface area contributed by atoms with E-state index in [0.717, 1.165) is 10.2 Å². The lowest BCUT2D eigenvalue weighted by atomic mass is 10.2. The van der Waals surface area contributed by atoms with E-state index in [4.69, 9.17) is 23.2 Å². The fraction of sp³-hybridized carbons (Fsp3) is 0.0667. The number of nitrogens with zero attached hydrogens (tertiary/aromatic N) is 2. The van der Waals surface area contributed by atoms with Crippen LogP contribution in [0, 0.1) is 0 Å². The van der Waals surface area contributed by atoms with Crippen molar-refractivity contribution >= 4 is 50.7 Å². The van der Waals surface area contributed by atoms with Gasteiger partial charge >= 0.3 is 0 Å². The Morgan fingerprint density at radius 1 is 1.18 bits per heavy atom. The molecule has 0 saturated heterocycles. The van der Waals surface area contributed by atoms with Gasteiger partial charge in [-0.25, -0.2) is 5.43 Å². The molecule has 0 bridgehead atoms. The van der Waals surface area contributed by atoms with E-state index >= 15 is 0 Å². The molecule has 0 aliphatic rings. The number of hydrogen-bond acceptors (Lipinski definition) is 3. The zero-order valence-corrected chi connectivity index (χ0v) is 13.8. The summed E-state index contributed by atoms with van der Waals surface area (Å²) in [4.78, 5) is 12.9. The third-order valence-corrected chi connectivity index (χ3v) is 5.10. The summed E-state index contributed by atoms with van der Waals surface area (Å²) in [6.45, 7) is 0. The smallest absolute Gasteiger partial charge is 0.273 e. The molecule has 22 heavy (non-hydrogen) atoms. The second-order valence-corrected chi connectivity index (χ2v) is 6.36. The van der Waals surface area contributed by atoms with Gasteiger partial charge < -0.3 is 4.57 Å². The van der Waals surface area contributed by atoms with Gasteiger partial charge in [-0.2, -0.15) is 0 Å². The van der Waals surface area contributed by atoms with Crippen LogP contribution in [0.3, 0.4) is 0 Å². The van der Waals surface area contributed by atoms with Gasteiger partial charge in [-0.05, 0) is 24.3 Å². The van der Waals surface area contributed by atoms with Gasteiger partial charge in [0, 0.05) is 7.05 Å². The van der Waals surface area contributed by atoms with Crippen molar-refractivity contribution in [3.05, 3.63) is 62.9 Å². The van der Waals surface area contributed by atoms with E-state index in [1.807, 2.05) is 35.9 Å². The molecule has 1 N–H and O–H groups in total. The van der Waals surface area contributed by atoms with Crippen LogP contribution >= 0.6 is 34.5 Å². The van der Waals surface area contributed by atoms with Crippen molar-refractivity contribution in [2.24, 2.45) is 12.1 Å². The summed E-state index contributed by atoms with van der Waals surface area (Å²) in [5.74, 6) is -0.398. The molecule has 0 spiro atoms. The Kier molecular flexibility index (Phi) is 4.20. The van der Waals surface area contributed by atoms with Gasteiger partial charge in [0.2, 0.25) is 4.80 Å². The number of carbonyl (C=O) groups excluding carboxylic acids is 1. The third-order valence-electron chi connectivity index (χ3n) is 3.16. The second-order valence-electron chi connectivity index (χ2n) is 4.57. The summed E-state index contributed by atoms with van der Waals surface area (Å²) in [5.41, 5.74) is 3.87. The van der Waals surface area contributed by atoms with Crippen LogP contribution in [0.5, 0.6) is 0 Å². The summed E-state index contributed by atoms with van der Waals surface area (Å²) in [6, 6.07) is 12.8. The molecule has 3 rings (SSSR count). The van der Waals surface area contributed by atoms with Crippen LogP contribution in [0.4, 0.5) is 0 Å². The molecule has 1 amide bonds. The first kappa shape index (κ1) is 15.1. The quantitative estimate of drug-likeness (QED) is 0.701. The molecule has 7 heteroatoms. The van der Waals surface area contributed by atoms with Gasteiger partial charge in [-0.3, -0.25) is 4.79 Å². The molecule has 2 aromatic carbocycles. The number of amides is 1. The van der Waals surface area contributed by atoms with Gasteiger partial charge in [0.1, 0.15) is 0 Å². The van der Waals surface area contributed by atoms with E-state index in [1.54, 1.807) is 18.2 Å². The Hall–Kier alpha value is -1.82. The van der Waals surface area contributed by atoms with Crippen molar-refractivity contribution in [3.8, 4) is 0 Å². The Balaban J connectivity index is 1.94. The van der Waals surface area contributed by atoms with E-state index in [-0.39, 0.29) is 5.02 Å². The molecule has 0 fully saturated rings. The van der Waals surface area contributed by atoms with Crippen molar-refractivity contribution in [3.63, 3.8) is 0 Å². The van der Waals surface area contributed by atoms with Gasteiger partial charge in [-0.15, -0.1) is 5.10 Å². The minimum atomic E-state index is -0.398. The topological polar surface area (TPSA) is 46.4 Å². The zero-order chi connectivity index (χ0) is 15.7. The molecule has 0 radical (unpaired) electrons. The second kappa shape index (κ2) is 6.12. The first-order valence-corrected chi connectivity index (χ1v) is 7.98. The molecule has 1 heterocycles. The molecule has 0 unspecified atom stereocenters. The van der Waals surface area contributed by atoms with Crippen molar-refractivity contribution in [1.29, 1.82) is 0 Å². The largest absolute Gasteiger partial charge is 0.318 e. The number of aryl methyl sites for hydroxylation is 1. The first-order valence-electron chi connectivity index (χ1n) is 6.40. The summed E-state index contributed by atoms with van der Waals surface area (Å²) >= 11 is 13.4. The minimum absolute atomic E-state index is 0.220. The number of benzene rings is 2. The summed E-state index contributed by atoms with van der Waals surface area (Å²) < 4.78 is 3.01. The van der Waals surface area contributed by atoms with Gasteiger partial charge in [0.15, 0.2) is 0 Å². The molecule has 112 valence electrons. The first-order chi connectivity index (χ1) is 10.6. The fourth-order valence-corrected chi connectivity index (χ4v) is 3.39. The van der Waals surface area contributed by atoms with Crippen LogP contribution < -0.4 is 10.2 Å². The number of rotatable bonds is 2. The normalized spacial score (nSPS) is 11.9. The third kappa shape index (κ3) is 2.75. The van der Waals surface area contributed by atoms with Crippen LogP contribution in [-0.4, -0.2) is 10.5 Å². The number of thiazole rings is 1. The van der Waals surface area contributed by atoms with Crippen molar-refractivity contribution in [1.82, 2.24) is 9.99 Å². The zero-order valence-electron chi connectivity index (χ0n) is 11.5. The molecule has 3 aromatic rings. The molecule has 1 aromatic heterocycles. The number of fused-ring (bicyclic) bond motifs is 1. The van der Waals surface area contributed by atoms with E-state index in [9.17, 15) is 4.79 Å². The van der Waals surface area contributed by atoms with E-state index < -0.39 is 5.91 Å². The Morgan fingerprint density at radius 2 is 1.95 bits per heavy atom. The lowest BCUT2D eigenvalue weighted by molar-refractivity contribution is 0.0953. The summed E-state index contributed by atoms with van der Waals surface area (Å²) in [6.07, 6.45) is 0. The maximum Gasteiger partial charge on any atom is 0.273 e. The van der Waals surface area contributed by atoms with Gasteiger partial charge in [0.05, 0.1) is 25.8 Å². The Morgan fingerprint density at radius 3 is 2.73 bits per heavy atom. The van der Waals surface area contributed by atoms with E-state index in [1.165, 1.54) is 11.3 Å². The Labute approximate surface area is 140 Å². The molecule has 4 nitrogen and oxygen atoms in total. The Bertz CT molecular complexity index is 930. The summed E-state index contributed by atoms with van der Waals surface area (Å²) in [5, 5.41) is 4.73. The van der Waals surface area contributed by atoms with Crippen LogP contribution in [0.1, 0.15) is 10.4 Å². The highest BCUT2D eigenvalue weighted by molar-refractivity contribution is 7.16. The van der Waals surface area contributed by atoms with Crippen LogP contribution in [0.25, 0.3) is 10.2 Å². The van der Waals surface area contributed by atoms with Crippen LogP contribution in [0.2, 0.25) is 10.0 Å². The van der Waals surface area contributed by atoms with Gasteiger partial charge in [0.25, 0.3) is 5.91 Å². The van der Waals surface area contributed by atoms with Crippen LogP contribution in [-0.2, 0) is 7.05 Å². The number of aromatic nitrogens is 1. The minimum Gasteiger partial charge on any atom is -0.318 e. The molecular formula is C15H11Cl2N3OS. The average molecular weight is 352 g/mol. The number of carbonyl (C=O) groups is 1. The number of halogens is 2. The highest BCUT2D eigenvalue weighted by Gasteiger charge is 2.12. The molecule has 0 aliphatic carbocycles. The standard InChI is InChI=1S/C15H11Cl2N3OS/c1-20-11-7-2-3-8-12(11)22-15(20)19-18-14(21)9-5-4-6-10(16)13(9)17/h2-8H,1H3,(H,18,21)/b19-15+. The predicted molar refractivity (Wildman–Crippen MR) is 90.3 cm³/mol. The lowest BCUT2D eigenvalue weighted by Gasteiger charge is -2.03. The number of hydrogen-bond donors (Lipinski definition) is 1. The highest BCUT2D eigenvalue weighted by atomic mass is 35.5. The predicted octanol–water partition coefficient (Wildman–Crippen LogP) is 3.79. The monoisotopic (exact) mass is 351 g/mol. The maximum atomic E-state index is 12.2. The van der Waals surface area contributed by atoms with E-state index in [2.05, 4.69) is 10.5 Å².